The number of hydrogen-bond acceptors (Lipinski definition) is 3. The zero-order valence-corrected chi connectivity index (χ0v) is 9.44. The Hall–Kier alpha value is -1.61. The van der Waals surface area contributed by atoms with Gasteiger partial charge >= 0.3 is 0 Å². The summed E-state index contributed by atoms with van der Waals surface area (Å²) in [6, 6.07) is 10.3. The highest BCUT2D eigenvalue weighted by Crippen LogP contribution is 2.21. The van der Waals surface area contributed by atoms with E-state index in [0.717, 1.165) is 23.4 Å². The molecule has 2 rings (SSSR count). The second-order valence-electron chi connectivity index (χ2n) is 3.83. The molecule has 0 aliphatic carbocycles. The van der Waals surface area contributed by atoms with Gasteiger partial charge in [-0.05, 0) is 12.0 Å². The Labute approximate surface area is 95.3 Å². The first-order chi connectivity index (χ1) is 7.83. The van der Waals surface area contributed by atoms with E-state index in [0.29, 0.717) is 6.54 Å². The first-order valence-corrected chi connectivity index (χ1v) is 5.58. The maximum absolute atomic E-state index is 5.48. The number of hydrogen-bond donors (Lipinski definition) is 1. The molecule has 1 aromatic heterocycles. The van der Waals surface area contributed by atoms with Crippen LogP contribution in [0.4, 0.5) is 0 Å². The molecule has 1 heterocycles. The minimum atomic E-state index is 0.414. The Morgan fingerprint density at radius 3 is 2.56 bits per heavy atom. The van der Waals surface area contributed by atoms with Crippen LogP contribution in [-0.4, -0.2) is 5.16 Å². The highest BCUT2D eigenvalue weighted by atomic mass is 16.5. The zero-order chi connectivity index (χ0) is 11.4. The van der Waals surface area contributed by atoms with Gasteiger partial charge in [-0.25, -0.2) is 0 Å². The van der Waals surface area contributed by atoms with E-state index in [1.165, 1.54) is 12.0 Å². The third-order valence-electron chi connectivity index (χ3n) is 2.55. The molecular weight excluding hydrogens is 200 g/mol. The van der Waals surface area contributed by atoms with E-state index < -0.39 is 0 Å². The minimum Gasteiger partial charge on any atom is -0.356 e. The van der Waals surface area contributed by atoms with E-state index in [2.05, 4.69) is 36.3 Å². The molecule has 0 fully saturated rings. The van der Waals surface area contributed by atoms with Crippen LogP contribution in [0, 0.1) is 0 Å². The second-order valence-corrected chi connectivity index (χ2v) is 3.83. The van der Waals surface area contributed by atoms with Crippen molar-refractivity contribution in [2.75, 3.05) is 0 Å². The van der Waals surface area contributed by atoms with Crippen molar-refractivity contribution in [2.24, 2.45) is 5.73 Å². The van der Waals surface area contributed by atoms with Crippen LogP contribution < -0.4 is 5.73 Å². The molecule has 0 aliphatic heterocycles. The molecule has 0 saturated carbocycles. The van der Waals surface area contributed by atoms with Gasteiger partial charge in [0.25, 0.3) is 0 Å². The molecule has 0 bridgehead atoms. The number of benzene rings is 1. The largest absolute Gasteiger partial charge is 0.356 e. The van der Waals surface area contributed by atoms with Crippen molar-refractivity contribution in [2.45, 2.75) is 26.3 Å². The summed E-state index contributed by atoms with van der Waals surface area (Å²) in [6.07, 6.45) is 2.28. The fraction of sp³-hybridized carbons (Fsp3) is 0.308. The molecule has 0 amide bonds. The number of nitrogens with zero attached hydrogens (tertiary/aromatic N) is 1. The smallest absolute Gasteiger partial charge is 0.167 e. The molecule has 16 heavy (non-hydrogen) atoms. The summed E-state index contributed by atoms with van der Waals surface area (Å²) < 4.78 is 5.21. The molecule has 0 atom stereocenters. The van der Waals surface area contributed by atoms with Crippen molar-refractivity contribution in [1.29, 1.82) is 0 Å². The second kappa shape index (κ2) is 4.94. The molecule has 3 nitrogen and oxygen atoms in total. The van der Waals surface area contributed by atoms with Crippen LogP contribution in [0.25, 0.3) is 11.3 Å². The van der Waals surface area contributed by atoms with Gasteiger partial charge in [-0.3, -0.25) is 0 Å². The average Bonchev–Trinajstić information content (AvgIpc) is 2.79. The van der Waals surface area contributed by atoms with E-state index in [9.17, 15) is 0 Å². The van der Waals surface area contributed by atoms with Crippen LogP contribution in [0.5, 0.6) is 0 Å². The molecule has 2 aromatic rings. The molecule has 0 unspecified atom stereocenters. The molecule has 3 heteroatoms. The van der Waals surface area contributed by atoms with Crippen LogP contribution >= 0.6 is 0 Å². The van der Waals surface area contributed by atoms with Crippen LogP contribution in [0.3, 0.4) is 0 Å². The van der Waals surface area contributed by atoms with Gasteiger partial charge in [0.15, 0.2) is 5.76 Å². The summed E-state index contributed by atoms with van der Waals surface area (Å²) in [5.41, 5.74) is 8.67. The minimum absolute atomic E-state index is 0.414. The molecule has 84 valence electrons. The van der Waals surface area contributed by atoms with Crippen LogP contribution in [0.2, 0.25) is 0 Å². The fourth-order valence-electron chi connectivity index (χ4n) is 1.67. The third-order valence-corrected chi connectivity index (χ3v) is 2.55. The highest BCUT2D eigenvalue weighted by Gasteiger charge is 2.05. The number of nitrogens with two attached hydrogens (primary N) is 1. The summed E-state index contributed by atoms with van der Waals surface area (Å²) in [7, 11) is 0. The lowest BCUT2D eigenvalue weighted by molar-refractivity contribution is 0.424. The Balaban J connectivity index is 2.20. The number of aromatic nitrogens is 1. The zero-order valence-electron chi connectivity index (χ0n) is 9.44. The van der Waals surface area contributed by atoms with Gasteiger partial charge in [-0.2, -0.15) is 0 Å². The Bertz CT molecular complexity index is 445. The Morgan fingerprint density at radius 1 is 1.25 bits per heavy atom. The molecule has 0 radical (unpaired) electrons. The van der Waals surface area contributed by atoms with Crippen LogP contribution in [0.1, 0.15) is 24.6 Å². The lowest BCUT2D eigenvalue weighted by Gasteiger charge is -1.99. The third kappa shape index (κ3) is 2.31. The summed E-state index contributed by atoms with van der Waals surface area (Å²) in [6.45, 7) is 2.59. The molecule has 2 N–H and O–H groups in total. The molecule has 0 saturated heterocycles. The molecule has 0 spiro atoms. The fourth-order valence-corrected chi connectivity index (χ4v) is 1.67. The van der Waals surface area contributed by atoms with E-state index in [-0.39, 0.29) is 0 Å². The topological polar surface area (TPSA) is 52.0 Å². The summed E-state index contributed by atoms with van der Waals surface area (Å²) in [4.78, 5) is 0. The van der Waals surface area contributed by atoms with Gasteiger partial charge in [0.1, 0.15) is 0 Å². The van der Waals surface area contributed by atoms with Gasteiger partial charge in [0.2, 0.25) is 0 Å². The van der Waals surface area contributed by atoms with Crippen LogP contribution in [0.15, 0.2) is 34.9 Å². The van der Waals surface area contributed by atoms with E-state index in [4.69, 9.17) is 10.3 Å². The standard InChI is InChI=1S/C13H16N2O/c1-2-3-10-4-6-11(7-5-10)13-8-12(9-14)15-16-13/h4-8H,2-3,9,14H2,1H3. The first kappa shape index (κ1) is 10.9. The van der Waals surface area contributed by atoms with Gasteiger partial charge in [0, 0.05) is 18.2 Å². The van der Waals surface area contributed by atoms with E-state index >= 15 is 0 Å². The quantitative estimate of drug-likeness (QED) is 0.855. The normalized spacial score (nSPS) is 10.6. The highest BCUT2D eigenvalue weighted by molar-refractivity contribution is 5.57. The first-order valence-electron chi connectivity index (χ1n) is 5.58. The van der Waals surface area contributed by atoms with Crippen molar-refractivity contribution >= 4 is 0 Å². The molecular formula is C13H16N2O. The van der Waals surface area contributed by atoms with Crippen molar-refractivity contribution in [3.05, 3.63) is 41.6 Å². The number of aryl methyl sites for hydroxylation is 1. The van der Waals surface area contributed by atoms with Crippen molar-refractivity contribution < 1.29 is 4.52 Å². The van der Waals surface area contributed by atoms with Crippen molar-refractivity contribution in [3.63, 3.8) is 0 Å². The number of rotatable bonds is 4. The summed E-state index contributed by atoms with van der Waals surface area (Å²) in [5.74, 6) is 0.781. The maximum Gasteiger partial charge on any atom is 0.167 e. The van der Waals surface area contributed by atoms with Gasteiger partial charge in [-0.1, -0.05) is 42.8 Å². The van der Waals surface area contributed by atoms with Crippen molar-refractivity contribution in [3.8, 4) is 11.3 Å². The monoisotopic (exact) mass is 216 g/mol. The van der Waals surface area contributed by atoms with Gasteiger partial charge in [-0.15, -0.1) is 0 Å². The van der Waals surface area contributed by atoms with Gasteiger partial charge < -0.3 is 10.3 Å². The Morgan fingerprint density at radius 2 is 2.00 bits per heavy atom. The lowest BCUT2D eigenvalue weighted by Crippen LogP contribution is -1.94. The van der Waals surface area contributed by atoms with Crippen LogP contribution in [-0.2, 0) is 13.0 Å². The maximum atomic E-state index is 5.48. The SMILES string of the molecule is CCCc1ccc(-c2cc(CN)no2)cc1. The predicted molar refractivity (Wildman–Crippen MR) is 63.8 cm³/mol. The van der Waals surface area contributed by atoms with E-state index in [1.807, 2.05) is 6.07 Å². The summed E-state index contributed by atoms with van der Waals surface area (Å²) >= 11 is 0. The lowest BCUT2D eigenvalue weighted by atomic mass is 10.1. The van der Waals surface area contributed by atoms with E-state index in [1.54, 1.807) is 0 Å². The van der Waals surface area contributed by atoms with Gasteiger partial charge in [0.05, 0.1) is 5.69 Å². The molecule has 0 aliphatic rings. The Kier molecular flexibility index (Phi) is 3.37. The summed E-state index contributed by atoms with van der Waals surface area (Å²) in [5, 5.41) is 3.87. The molecule has 1 aromatic carbocycles. The average molecular weight is 216 g/mol. The van der Waals surface area contributed by atoms with Crippen molar-refractivity contribution in [1.82, 2.24) is 5.16 Å². The predicted octanol–water partition coefficient (Wildman–Crippen LogP) is 2.75.